The van der Waals surface area contributed by atoms with Gasteiger partial charge in [0.2, 0.25) is 0 Å². The molecular weight excluding hydrogens is 410 g/mol. The third kappa shape index (κ3) is 4.63. The Morgan fingerprint density at radius 2 is 2.00 bits per heavy atom. The molecule has 0 saturated heterocycles. The Morgan fingerprint density at radius 1 is 1.32 bits per heavy atom. The molecule has 2 rings (SSSR count). The number of aromatic nitrogens is 1. The van der Waals surface area contributed by atoms with E-state index in [9.17, 15) is 8.42 Å². The van der Waals surface area contributed by atoms with E-state index in [1.54, 1.807) is 19.1 Å². The van der Waals surface area contributed by atoms with Crippen LogP contribution in [-0.2, 0) is 16.4 Å². The van der Waals surface area contributed by atoms with Gasteiger partial charge in [-0.2, -0.15) is 0 Å². The van der Waals surface area contributed by atoms with Gasteiger partial charge >= 0.3 is 0 Å². The van der Waals surface area contributed by atoms with Crippen molar-refractivity contribution in [2.45, 2.75) is 22.0 Å². The lowest BCUT2D eigenvalue weighted by Crippen LogP contribution is -2.14. The Labute approximate surface area is 152 Å². The van der Waals surface area contributed by atoms with Gasteiger partial charge < -0.3 is 0 Å². The van der Waals surface area contributed by atoms with E-state index in [2.05, 4.69) is 9.71 Å². The van der Waals surface area contributed by atoms with Crippen LogP contribution < -0.4 is 4.72 Å². The zero-order valence-electron chi connectivity index (χ0n) is 11.1. The van der Waals surface area contributed by atoms with E-state index in [4.69, 9.17) is 46.4 Å². The number of rotatable bonds is 4. The number of sulfonamides is 1. The molecule has 4 nitrogen and oxygen atoms in total. The zero-order valence-corrected chi connectivity index (χ0v) is 15.8. The summed E-state index contributed by atoms with van der Waals surface area (Å²) in [4.78, 5) is 4.73. The van der Waals surface area contributed by atoms with Crippen molar-refractivity contribution >= 4 is 72.9 Å². The summed E-state index contributed by atoms with van der Waals surface area (Å²) in [5, 5.41) is 0.572. The fourth-order valence-corrected chi connectivity index (χ4v) is 4.99. The minimum atomic E-state index is -3.78. The monoisotopic (exact) mass is 418 g/mol. The number of alkyl halides is 3. The second-order valence-corrected chi connectivity index (χ2v) is 10.1. The Hall–Kier alpha value is -0.240. The average molecular weight is 420 g/mol. The molecule has 0 aliphatic rings. The van der Waals surface area contributed by atoms with E-state index in [1.165, 1.54) is 12.3 Å². The fourth-order valence-electron chi connectivity index (χ4n) is 1.68. The summed E-state index contributed by atoms with van der Waals surface area (Å²) in [5.41, 5.74) is 0.467. The van der Waals surface area contributed by atoms with Gasteiger partial charge in [-0.25, -0.2) is 13.4 Å². The summed E-state index contributed by atoms with van der Waals surface area (Å²) < 4.78 is 25.7. The van der Waals surface area contributed by atoms with Crippen LogP contribution in [0.25, 0.3) is 0 Å². The smallest absolute Gasteiger partial charge is 0.255 e. The van der Waals surface area contributed by atoms with Crippen LogP contribution in [0.1, 0.15) is 10.4 Å². The minimum absolute atomic E-state index is 0.0955. The summed E-state index contributed by atoms with van der Waals surface area (Å²) >= 11 is 24.2. The highest BCUT2D eigenvalue weighted by atomic mass is 35.6. The molecule has 0 bridgehead atoms. The highest BCUT2D eigenvalue weighted by Gasteiger charge is 2.23. The Bertz CT molecular complexity index is 785. The largest absolute Gasteiger partial charge is 0.263 e. The molecule has 1 heterocycles. The van der Waals surface area contributed by atoms with Crippen molar-refractivity contribution in [1.82, 2.24) is 4.98 Å². The van der Waals surface area contributed by atoms with Crippen LogP contribution in [0.15, 0.2) is 29.3 Å². The van der Waals surface area contributed by atoms with Crippen molar-refractivity contribution < 1.29 is 8.42 Å². The molecule has 0 spiro atoms. The summed E-state index contributed by atoms with van der Waals surface area (Å²) in [7, 11) is -3.78. The maximum atomic E-state index is 12.4. The molecule has 0 radical (unpaired) electrons. The second-order valence-electron chi connectivity index (χ2n) is 4.39. The maximum absolute atomic E-state index is 12.4. The second kappa shape index (κ2) is 6.71. The molecule has 1 aromatic heterocycles. The number of benzene rings is 1. The van der Waals surface area contributed by atoms with E-state index in [0.717, 1.165) is 11.3 Å². The van der Waals surface area contributed by atoms with E-state index >= 15 is 0 Å². The van der Waals surface area contributed by atoms with Crippen molar-refractivity contribution in [3.8, 4) is 0 Å². The first-order valence-electron chi connectivity index (χ1n) is 5.88. The number of nitrogens with one attached hydrogen (secondary N) is 1. The number of nitrogens with zero attached hydrogens (tertiary/aromatic N) is 1. The first-order chi connectivity index (χ1) is 10.1. The third-order valence-electron chi connectivity index (χ3n) is 2.66. The molecule has 0 aliphatic heterocycles. The number of hydrogen-bond acceptors (Lipinski definition) is 4. The van der Waals surface area contributed by atoms with Crippen molar-refractivity contribution in [3.63, 3.8) is 0 Å². The molecule has 0 atom stereocenters. The molecule has 10 heteroatoms. The lowest BCUT2D eigenvalue weighted by atomic mass is 10.2. The summed E-state index contributed by atoms with van der Waals surface area (Å²) in [6.45, 7) is 1.63. The van der Waals surface area contributed by atoms with Crippen molar-refractivity contribution in [2.75, 3.05) is 4.72 Å². The highest BCUT2D eigenvalue weighted by Crippen LogP contribution is 2.34. The topological polar surface area (TPSA) is 59.1 Å². The van der Waals surface area contributed by atoms with Gasteiger partial charge in [0.1, 0.15) is 0 Å². The fraction of sp³-hybridized carbons (Fsp3) is 0.250. The molecule has 120 valence electrons. The molecule has 0 aliphatic carbocycles. The molecule has 0 unspecified atom stereocenters. The number of anilines is 1. The number of halogens is 4. The Balaban J connectivity index is 2.24. The van der Waals surface area contributed by atoms with Gasteiger partial charge in [0.15, 0.2) is 8.92 Å². The first-order valence-corrected chi connectivity index (χ1v) is 9.69. The number of thiazole rings is 1. The molecule has 0 saturated carbocycles. The summed E-state index contributed by atoms with van der Waals surface area (Å²) in [6.07, 6.45) is 1.61. The lowest BCUT2D eigenvalue weighted by molar-refractivity contribution is 0.600. The number of hydrogen-bond donors (Lipinski definition) is 1. The third-order valence-corrected chi connectivity index (χ3v) is 5.99. The molecule has 0 amide bonds. The minimum Gasteiger partial charge on any atom is -0.255 e. The van der Waals surface area contributed by atoms with Crippen molar-refractivity contribution in [3.05, 3.63) is 39.9 Å². The van der Waals surface area contributed by atoms with Gasteiger partial charge in [-0.3, -0.25) is 4.72 Å². The molecule has 1 aromatic carbocycles. The average Bonchev–Trinajstić information content (AvgIpc) is 2.76. The van der Waals surface area contributed by atoms with Gasteiger partial charge in [0.25, 0.3) is 10.0 Å². The van der Waals surface area contributed by atoms with Crippen LogP contribution in [0.4, 0.5) is 5.13 Å². The van der Waals surface area contributed by atoms with Crippen molar-refractivity contribution in [1.29, 1.82) is 0 Å². The molecule has 2 aromatic rings. The van der Waals surface area contributed by atoms with Gasteiger partial charge in [-0.1, -0.05) is 52.5 Å². The van der Waals surface area contributed by atoms with Gasteiger partial charge in [0.05, 0.1) is 4.90 Å². The van der Waals surface area contributed by atoms with Crippen LogP contribution >= 0.6 is 57.7 Å². The standard InChI is InChI=1S/C12H10Cl4N2O2S2/c1-7-9(13)3-2-4-10(7)22(19,20)18-11-17-6-8(21-11)5-12(14,15)16/h2-4,6H,5H2,1H3,(H,17,18). The molecule has 0 fully saturated rings. The van der Waals surface area contributed by atoms with E-state index < -0.39 is 13.8 Å². The van der Waals surface area contributed by atoms with Crippen LogP contribution in [0.3, 0.4) is 0 Å². The predicted molar refractivity (Wildman–Crippen MR) is 93.1 cm³/mol. The SMILES string of the molecule is Cc1c(Cl)cccc1S(=O)(=O)Nc1ncc(CC(Cl)(Cl)Cl)s1. The quantitative estimate of drug-likeness (QED) is 0.722. The van der Waals surface area contributed by atoms with Gasteiger partial charge in [-0.15, -0.1) is 11.3 Å². The van der Waals surface area contributed by atoms with Crippen LogP contribution in [-0.4, -0.2) is 17.2 Å². The Kier molecular flexibility index (Phi) is 5.52. The van der Waals surface area contributed by atoms with E-state index in [1.807, 2.05) is 0 Å². The van der Waals surface area contributed by atoms with E-state index in [-0.39, 0.29) is 16.4 Å². The predicted octanol–water partition coefficient (Wildman–Crippen LogP) is 4.82. The summed E-state index contributed by atoms with van der Waals surface area (Å²) in [6, 6.07) is 4.66. The first kappa shape index (κ1) is 18.1. The Morgan fingerprint density at radius 3 is 2.64 bits per heavy atom. The summed E-state index contributed by atoms with van der Waals surface area (Å²) in [5.74, 6) is 0. The van der Waals surface area contributed by atoms with Crippen molar-refractivity contribution in [2.24, 2.45) is 0 Å². The van der Waals surface area contributed by atoms with Crippen LogP contribution in [0.2, 0.25) is 5.02 Å². The molecule has 22 heavy (non-hydrogen) atoms. The van der Waals surface area contributed by atoms with Gasteiger partial charge in [-0.05, 0) is 24.6 Å². The zero-order chi connectivity index (χ0) is 16.5. The maximum Gasteiger partial charge on any atom is 0.263 e. The normalized spacial score (nSPS) is 12.4. The highest BCUT2D eigenvalue weighted by molar-refractivity contribution is 7.93. The van der Waals surface area contributed by atoms with Gasteiger partial charge in [0, 0.05) is 22.5 Å². The van der Waals surface area contributed by atoms with E-state index in [0.29, 0.717) is 15.5 Å². The lowest BCUT2D eigenvalue weighted by Gasteiger charge is -2.09. The molecule has 1 N–H and O–H groups in total. The van der Waals surface area contributed by atoms with Crippen LogP contribution in [0.5, 0.6) is 0 Å². The molecular formula is C12H10Cl4N2O2S2. The van der Waals surface area contributed by atoms with Crippen LogP contribution in [0, 0.1) is 6.92 Å².